The molecule has 1 rings (SSSR count). The maximum absolute atomic E-state index is 11.7. The van der Waals surface area contributed by atoms with Gasteiger partial charge < -0.3 is 10.2 Å². The summed E-state index contributed by atoms with van der Waals surface area (Å²) in [5.41, 5.74) is 0. The number of rotatable bonds is 8. The maximum Gasteiger partial charge on any atom is 0.212 e. The van der Waals surface area contributed by atoms with Crippen LogP contribution >= 0.6 is 0 Å². The normalized spacial score (nSPS) is 22.1. The fraction of sp³-hybridized carbons (Fsp3) is 1.00. The van der Waals surface area contributed by atoms with Crippen LogP contribution in [0.4, 0.5) is 0 Å². The predicted octanol–water partition coefficient (Wildman–Crippen LogP) is -0.000400. The summed E-state index contributed by atoms with van der Waals surface area (Å²) in [6, 6.07) is 0.369. The summed E-state index contributed by atoms with van der Waals surface area (Å²) >= 11 is 0. The molecular weight excluding hydrogens is 238 g/mol. The van der Waals surface area contributed by atoms with Crippen molar-refractivity contribution in [1.82, 2.24) is 14.9 Å². The van der Waals surface area contributed by atoms with Crippen molar-refractivity contribution in [2.75, 3.05) is 39.0 Å². The van der Waals surface area contributed by atoms with E-state index in [0.29, 0.717) is 19.1 Å². The Kier molecular flexibility index (Phi) is 6.40. The van der Waals surface area contributed by atoms with Gasteiger partial charge in [0, 0.05) is 19.1 Å². The minimum atomic E-state index is -3.11. The van der Waals surface area contributed by atoms with Crippen molar-refractivity contribution in [1.29, 1.82) is 0 Å². The molecule has 0 aromatic carbocycles. The summed E-state index contributed by atoms with van der Waals surface area (Å²) < 4.78 is 26.1. The minimum absolute atomic E-state index is 0.170. The number of hydrogen-bond donors (Lipinski definition) is 2. The second-order valence-corrected chi connectivity index (χ2v) is 6.62. The molecule has 1 aliphatic rings. The van der Waals surface area contributed by atoms with Crippen molar-refractivity contribution in [2.45, 2.75) is 32.2 Å². The second kappa shape index (κ2) is 7.31. The van der Waals surface area contributed by atoms with Crippen molar-refractivity contribution < 1.29 is 8.42 Å². The number of hydrogen-bond acceptors (Lipinski definition) is 4. The molecule has 17 heavy (non-hydrogen) atoms. The molecule has 2 N–H and O–H groups in total. The summed E-state index contributed by atoms with van der Waals surface area (Å²) in [6.07, 6.45) is 3.29. The van der Waals surface area contributed by atoms with Crippen molar-refractivity contribution in [2.24, 2.45) is 0 Å². The number of nitrogens with zero attached hydrogens (tertiary/aromatic N) is 1. The topological polar surface area (TPSA) is 61.4 Å². The van der Waals surface area contributed by atoms with Gasteiger partial charge in [0.05, 0.1) is 5.75 Å². The molecule has 1 fully saturated rings. The fourth-order valence-corrected chi connectivity index (χ4v) is 3.04. The zero-order chi connectivity index (χ0) is 12.7. The van der Waals surface area contributed by atoms with E-state index in [4.69, 9.17) is 0 Å². The molecule has 0 aliphatic carbocycles. The van der Waals surface area contributed by atoms with E-state index in [1.807, 2.05) is 0 Å². The van der Waals surface area contributed by atoms with Gasteiger partial charge in [-0.1, -0.05) is 6.92 Å². The number of likely N-dealkylation sites (N-methyl/N-ethyl adjacent to an activating group) is 1. The van der Waals surface area contributed by atoms with Gasteiger partial charge in [0.15, 0.2) is 0 Å². The molecule has 0 bridgehead atoms. The van der Waals surface area contributed by atoms with Crippen LogP contribution in [0.5, 0.6) is 0 Å². The van der Waals surface area contributed by atoms with E-state index in [2.05, 4.69) is 28.9 Å². The van der Waals surface area contributed by atoms with Gasteiger partial charge in [0.1, 0.15) is 0 Å². The Morgan fingerprint density at radius 2 is 2.12 bits per heavy atom. The van der Waals surface area contributed by atoms with Crippen LogP contribution in [0.3, 0.4) is 0 Å². The molecule has 102 valence electrons. The van der Waals surface area contributed by atoms with Crippen molar-refractivity contribution in [3.8, 4) is 0 Å². The first-order valence-electron chi connectivity index (χ1n) is 6.43. The number of sulfonamides is 1. The van der Waals surface area contributed by atoms with E-state index in [1.165, 1.54) is 6.42 Å². The molecule has 0 saturated carbocycles. The maximum atomic E-state index is 11.7. The highest BCUT2D eigenvalue weighted by molar-refractivity contribution is 7.89. The average molecular weight is 263 g/mol. The summed E-state index contributed by atoms with van der Waals surface area (Å²) in [4.78, 5) is 2.22. The van der Waals surface area contributed by atoms with Crippen LogP contribution in [-0.4, -0.2) is 58.3 Å². The standard InChI is InChI=1S/C11H25N3O2S/c1-3-6-12-7-9-17(15,16)13-10-11-5-4-8-14(11)2/h11-13H,3-10H2,1-2H3. The smallest absolute Gasteiger partial charge is 0.212 e. The Hall–Kier alpha value is -0.170. The van der Waals surface area contributed by atoms with Crippen LogP contribution in [-0.2, 0) is 10.0 Å². The zero-order valence-electron chi connectivity index (χ0n) is 10.9. The highest BCUT2D eigenvalue weighted by Crippen LogP contribution is 2.13. The monoisotopic (exact) mass is 263 g/mol. The van der Waals surface area contributed by atoms with Crippen LogP contribution in [0.1, 0.15) is 26.2 Å². The molecule has 0 aromatic rings. The van der Waals surface area contributed by atoms with Gasteiger partial charge >= 0.3 is 0 Å². The SMILES string of the molecule is CCCNCCS(=O)(=O)NCC1CCCN1C. The van der Waals surface area contributed by atoms with Crippen LogP contribution in [0.15, 0.2) is 0 Å². The Balaban J connectivity index is 2.19. The highest BCUT2D eigenvalue weighted by Gasteiger charge is 2.22. The van der Waals surface area contributed by atoms with E-state index >= 15 is 0 Å². The van der Waals surface area contributed by atoms with Gasteiger partial charge in [0.25, 0.3) is 0 Å². The zero-order valence-corrected chi connectivity index (χ0v) is 11.7. The molecule has 0 spiro atoms. The van der Waals surface area contributed by atoms with Crippen LogP contribution in [0.2, 0.25) is 0 Å². The van der Waals surface area contributed by atoms with E-state index in [-0.39, 0.29) is 5.75 Å². The molecule has 0 amide bonds. The predicted molar refractivity (Wildman–Crippen MR) is 70.6 cm³/mol. The lowest BCUT2D eigenvalue weighted by molar-refractivity contribution is 0.311. The number of nitrogens with one attached hydrogen (secondary N) is 2. The summed E-state index contributed by atoms with van der Waals surface area (Å²) in [7, 11) is -1.06. The summed E-state index contributed by atoms with van der Waals surface area (Å²) in [5.74, 6) is 0.170. The molecule has 0 aromatic heterocycles. The molecule has 1 heterocycles. The molecule has 5 nitrogen and oxygen atoms in total. The fourth-order valence-electron chi connectivity index (χ4n) is 2.04. The first-order valence-corrected chi connectivity index (χ1v) is 8.08. The molecule has 1 saturated heterocycles. The number of likely N-dealkylation sites (tertiary alicyclic amines) is 1. The molecule has 1 atom stereocenters. The van der Waals surface area contributed by atoms with Crippen LogP contribution in [0.25, 0.3) is 0 Å². The van der Waals surface area contributed by atoms with Crippen molar-refractivity contribution >= 4 is 10.0 Å². The molecule has 1 aliphatic heterocycles. The third-order valence-electron chi connectivity index (χ3n) is 3.18. The van der Waals surface area contributed by atoms with E-state index < -0.39 is 10.0 Å². The molecule has 6 heteroatoms. The highest BCUT2D eigenvalue weighted by atomic mass is 32.2. The van der Waals surface area contributed by atoms with Gasteiger partial charge in [0.2, 0.25) is 10.0 Å². The Morgan fingerprint density at radius 1 is 1.35 bits per heavy atom. The van der Waals surface area contributed by atoms with Crippen molar-refractivity contribution in [3.05, 3.63) is 0 Å². The molecular formula is C11H25N3O2S. The van der Waals surface area contributed by atoms with Crippen LogP contribution in [0, 0.1) is 0 Å². The Labute approximate surface area is 105 Å². The lowest BCUT2D eigenvalue weighted by Gasteiger charge is -2.19. The quantitative estimate of drug-likeness (QED) is 0.605. The van der Waals surface area contributed by atoms with Crippen LogP contribution < -0.4 is 10.0 Å². The van der Waals surface area contributed by atoms with Gasteiger partial charge in [-0.25, -0.2) is 13.1 Å². The van der Waals surface area contributed by atoms with Crippen molar-refractivity contribution in [3.63, 3.8) is 0 Å². The van der Waals surface area contributed by atoms with Gasteiger partial charge in [-0.3, -0.25) is 0 Å². The first kappa shape index (κ1) is 14.9. The second-order valence-electron chi connectivity index (χ2n) is 4.69. The van der Waals surface area contributed by atoms with Gasteiger partial charge in [-0.2, -0.15) is 0 Å². The van der Waals surface area contributed by atoms with E-state index in [9.17, 15) is 8.42 Å². The molecule has 0 radical (unpaired) electrons. The average Bonchev–Trinajstić information content (AvgIpc) is 2.68. The van der Waals surface area contributed by atoms with Gasteiger partial charge in [-0.05, 0) is 39.4 Å². The van der Waals surface area contributed by atoms with E-state index in [1.54, 1.807) is 0 Å². The molecule has 1 unspecified atom stereocenters. The summed E-state index contributed by atoms with van der Waals surface area (Å²) in [5, 5.41) is 3.10. The summed E-state index contributed by atoms with van der Waals surface area (Å²) in [6.45, 7) is 5.09. The van der Waals surface area contributed by atoms with E-state index in [0.717, 1.165) is 25.9 Å². The lowest BCUT2D eigenvalue weighted by Crippen LogP contribution is -2.40. The first-order chi connectivity index (χ1) is 8.05. The minimum Gasteiger partial charge on any atom is -0.316 e. The Bertz CT molecular complexity index is 306. The largest absolute Gasteiger partial charge is 0.316 e. The third-order valence-corrected chi connectivity index (χ3v) is 4.53. The third kappa shape index (κ3) is 5.81. The lowest BCUT2D eigenvalue weighted by atomic mass is 10.2. The Morgan fingerprint density at radius 3 is 2.71 bits per heavy atom. The van der Waals surface area contributed by atoms with Gasteiger partial charge in [-0.15, -0.1) is 0 Å².